The van der Waals surface area contributed by atoms with Gasteiger partial charge < -0.3 is 4.98 Å². The van der Waals surface area contributed by atoms with Crippen LogP contribution >= 0.6 is 0 Å². The van der Waals surface area contributed by atoms with E-state index in [1.54, 1.807) is 5.32 Å². The van der Waals surface area contributed by atoms with E-state index in [1.807, 2.05) is 0 Å². The lowest BCUT2D eigenvalue weighted by molar-refractivity contribution is -0.143. The first-order chi connectivity index (χ1) is 13.1. The smallest absolute Gasteiger partial charge is 0.329 e. The second kappa shape index (κ2) is 6.95. The number of pyridine rings is 1. The van der Waals surface area contributed by atoms with Crippen molar-refractivity contribution in [1.82, 2.24) is 20.1 Å². The molecule has 0 spiro atoms. The number of H-pyrrole nitrogens is 1. The molecule has 3 aromatic rings. The van der Waals surface area contributed by atoms with Crippen molar-refractivity contribution in [3.8, 4) is 5.69 Å². The van der Waals surface area contributed by atoms with Gasteiger partial charge in [0.2, 0.25) is 0 Å². The molecule has 3 rings (SSSR count). The largest absolute Gasteiger partial charge is 0.434 e. The van der Waals surface area contributed by atoms with Gasteiger partial charge in [-0.05, 0) is 37.6 Å². The summed E-state index contributed by atoms with van der Waals surface area (Å²) in [6.45, 7) is 2.72. The van der Waals surface area contributed by atoms with Crippen LogP contribution in [-0.2, 0) is 6.18 Å². The number of nitrogens with zero attached hydrogens (tertiary/aromatic N) is 2. The number of rotatable bonds is 3. The minimum Gasteiger partial charge on any atom is -0.329 e. The SMILES string of the molecule is CC(C)=C(F)NC(=O)c1cnn(-c2cccc3c(=O)[nH]ccc23)c1C(F)(F)F. The van der Waals surface area contributed by atoms with Crippen LogP contribution in [0.1, 0.15) is 29.9 Å². The molecule has 1 amide bonds. The van der Waals surface area contributed by atoms with E-state index >= 15 is 0 Å². The number of aromatic amines is 1. The molecule has 0 aliphatic rings. The second-order valence-corrected chi connectivity index (χ2v) is 6.13. The first-order valence-electron chi connectivity index (χ1n) is 8.01. The van der Waals surface area contributed by atoms with Crippen LogP contribution in [0.4, 0.5) is 17.6 Å². The summed E-state index contributed by atoms with van der Waals surface area (Å²) in [4.78, 5) is 26.6. The molecule has 0 unspecified atom stereocenters. The molecule has 2 aromatic heterocycles. The quantitative estimate of drug-likeness (QED) is 0.525. The second-order valence-electron chi connectivity index (χ2n) is 6.13. The summed E-state index contributed by atoms with van der Waals surface area (Å²) in [5, 5.41) is 5.84. The maximum absolute atomic E-state index is 13.7. The number of nitrogens with one attached hydrogen (secondary N) is 2. The van der Waals surface area contributed by atoms with Gasteiger partial charge in [0.05, 0.1) is 17.4 Å². The highest BCUT2D eigenvalue weighted by atomic mass is 19.4. The number of hydrogen-bond acceptors (Lipinski definition) is 3. The van der Waals surface area contributed by atoms with E-state index in [1.165, 1.54) is 44.3 Å². The number of benzene rings is 1. The van der Waals surface area contributed by atoms with E-state index in [0.717, 1.165) is 0 Å². The van der Waals surface area contributed by atoms with Crippen LogP contribution in [0.2, 0.25) is 0 Å². The van der Waals surface area contributed by atoms with Crippen LogP contribution < -0.4 is 10.9 Å². The van der Waals surface area contributed by atoms with Crippen molar-refractivity contribution in [3.63, 3.8) is 0 Å². The summed E-state index contributed by atoms with van der Waals surface area (Å²) in [5.74, 6) is -2.32. The lowest BCUT2D eigenvalue weighted by Gasteiger charge is -2.14. The first kappa shape index (κ1) is 19.3. The normalized spacial score (nSPS) is 11.5. The molecule has 6 nitrogen and oxygen atoms in total. The van der Waals surface area contributed by atoms with Gasteiger partial charge in [-0.3, -0.25) is 14.9 Å². The molecule has 0 saturated carbocycles. The van der Waals surface area contributed by atoms with Crippen molar-refractivity contribution in [1.29, 1.82) is 0 Å². The Labute approximate surface area is 155 Å². The number of carbonyl (C=O) groups excluding carboxylic acids is 1. The number of carbonyl (C=O) groups is 1. The molecule has 28 heavy (non-hydrogen) atoms. The van der Waals surface area contributed by atoms with Gasteiger partial charge in [-0.1, -0.05) is 6.07 Å². The third-order valence-electron chi connectivity index (χ3n) is 3.96. The highest BCUT2D eigenvalue weighted by Crippen LogP contribution is 2.35. The summed E-state index contributed by atoms with van der Waals surface area (Å²) in [7, 11) is 0. The zero-order valence-corrected chi connectivity index (χ0v) is 14.7. The van der Waals surface area contributed by atoms with E-state index in [9.17, 15) is 27.2 Å². The molecule has 10 heteroatoms. The van der Waals surface area contributed by atoms with Gasteiger partial charge in [0, 0.05) is 17.0 Å². The van der Waals surface area contributed by atoms with Crippen molar-refractivity contribution in [2.45, 2.75) is 20.0 Å². The summed E-state index contributed by atoms with van der Waals surface area (Å²) in [6, 6.07) is 5.61. The van der Waals surface area contributed by atoms with E-state index in [2.05, 4.69) is 10.1 Å². The summed E-state index contributed by atoms with van der Waals surface area (Å²) in [5.41, 5.74) is -2.64. The minimum absolute atomic E-state index is 0.0438. The Morgan fingerprint density at radius 2 is 1.89 bits per heavy atom. The zero-order valence-electron chi connectivity index (χ0n) is 14.7. The van der Waals surface area contributed by atoms with Crippen molar-refractivity contribution in [3.05, 3.63) is 69.8 Å². The summed E-state index contributed by atoms with van der Waals surface area (Å²) < 4.78 is 55.4. The van der Waals surface area contributed by atoms with E-state index in [4.69, 9.17) is 0 Å². The number of fused-ring (bicyclic) bond motifs is 1. The Bertz CT molecular complexity index is 1150. The molecular weight excluding hydrogens is 380 g/mol. The number of amides is 1. The van der Waals surface area contributed by atoms with Crippen LogP contribution in [0.25, 0.3) is 16.5 Å². The monoisotopic (exact) mass is 394 g/mol. The molecule has 0 bridgehead atoms. The predicted octanol–water partition coefficient (Wildman–Crippen LogP) is 3.68. The topological polar surface area (TPSA) is 79.8 Å². The Balaban J connectivity index is 2.24. The van der Waals surface area contributed by atoms with Gasteiger partial charge in [-0.25, -0.2) is 4.68 Å². The number of aromatic nitrogens is 3. The Morgan fingerprint density at radius 1 is 1.18 bits per heavy atom. The maximum Gasteiger partial charge on any atom is 0.434 e. The van der Waals surface area contributed by atoms with Gasteiger partial charge in [0.15, 0.2) is 11.6 Å². The number of allylic oxidation sites excluding steroid dienone is 1. The minimum atomic E-state index is -4.96. The lowest BCUT2D eigenvalue weighted by Crippen LogP contribution is -2.25. The third kappa shape index (κ3) is 3.40. The molecule has 0 atom stereocenters. The van der Waals surface area contributed by atoms with Gasteiger partial charge >= 0.3 is 6.18 Å². The molecule has 0 radical (unpaired) electrons. The van der Waals surface area contributed by atoms with Gasteiger partial charge in [-0.15, -0.1) is 0 Å². The standard InChI is InChI=1S/C18H14F4N4O2/c1-9(2)15(19)25-17(28)12-8-24-26(14(12)18(20,21)22)13-5-3-4-11-10(13)6-7-23-16(11)27/h3-8H,1-2H3,(H,23,27)(H,25,28). The molecule has 0 saturated heterocycles. The van der Waals surface area contributed by atoms with Gasteiger partial charge in [0.25, 0.3) is 11.5 Å². The Morgan fingerprint density at radius 3 is 2.54 bits per heavy atom. The highest BCUT2D eigenvalue weighted by molar-refractivity contribution is 5.97. The van der Waals surface area contributed by atoms with Crippen molar-refractivity contribution >= 4 is 16.7 Å². The molecule has 0 fully saturated rings. The molecular formula is C18H14F4N4O2. The summed E-state index contributed by atoms with van der Waals surface area (Å²) in [6.07, 6.45) is -2.96. The molecule has 2 heterocycles. The van der Waals surface area contributed by atoms with Crippen LogP contribution in [0.5, 0.6) is 0 Å². The van der Waals surface area contributed by atoms with Gasteiger partial charge in [-0.2, -0.15) is 22.7 Å². The Hall–Kier alpha value is -3.43. The van der Waals surface area contributed by atoms with E-state index in [0.29, 0.717) is 10.9 Å². The Kier molecular flexibility index (Phi) is 4.80. The van der Waals surface area contributed by atoms with Crippen LogP contribution in [0.3, 0.4) is 0 Å². The van der Waals surface area contributed by atoms with E-state index in [-0.39, 0.29) is 22.0 Å². The average molecular weight is 394 g/mol. The van der Waals surface area contributed by atoms with E-state index < -0.39 is 34.9 Å². The molecule has 0 aliphatic carbocycles. The zero-order chi connectivity index (χ0) is 20.6. The average Bonchev–Trinajstić information content (AvgIpc) is 3.07. The fraction of sp³-hybridized carbons (Fsp3) is 0.167. The van der Waals surface area contributed by atoms with Crippen LogP contribution in [0, 0.1) is 0 Å². The fourth-order valence-corrected chi connectivity index (χ4v) is 2.65. The number of alkyl halides is 3. The molecule has 2 N–H and O–H groups in total. The number of halogens is 4. The van der Waals surface area contributed by atoms with Crippen molar-refractivity contribution < 1.29 is 22.4 Å². The van der Waals surface area contributed by atoms with Crippen molar-refractivity contribution in [2.75, 3.05) is 0 Å². The van der Waals surface area contributed by atoms with Crippen molar-refractivity contribution in [2.24, 2.45) is 0 Å². The fourth-order valence-electron chi connectivity index (χ4n) is 2.65. The summed E-state index contributed by atoms with van der Waals surface area (Å²) >= 11 is 0. The first-order valence-corrected chi connectivity index (χ1v) is 8.01. The predicted molar refractivity (Wildman–Crippen MR) is 93.6 cm³/mol. The maximum atomic E-state index is 13.7. The lowest BCUT2D eigenvalue weighted by atomic mass is 10.1. The highest BCUT2D eigenvalue weighted by Gasteiger charge is 2.41. The molecule has 1 aromatic carbocycles. The number of hydrogen-bond donors (Lipinski definition) is 2. The van der Waals surface area contributed by atoms with Crippen LogP contribution in [0.15, 0.2) is 53.0 Å². The third-order valence-corrected chi connectivity index (χ3v) is 3.96. The molecule has 146 valence electrons. The van der Waals surface area contributed by atoms with Gasteiger partial charge in [0.1, 0.15) is 0 Å². The van der Waals surface area contributed by atoms with Crippen LogP contribution in [-0.4, -0.2) is 20.7 Å². The molecule has 0 aliphatic heterocycles.